The Morgan fingerprint density at radius 1 is 1.33 bits per heavy atom. The third-order valence-electron chi connectivity index (χ3n) is 3.58. The van der Waals surface area contributed by atoms with Crippen molar-refractivity contribution < 1.29 is 4.79 Å². The van der Waals surface area contributed by atoms with Crippen LogP contribution in [-0.2, 0) is 11.2 Å². The number of unbranched alkanes of at least 4 members (excludes halogenated alkanes) is 3. The number of aliphatic imine (C=N–C) groups is 1. The van der Waals surface area contributed by atoms with Crippen LogP contribution in [0, 0.1) is 0 Å². The summed E-state index contributed by atoms with van der Waals surface area (Å²) in [6, 6.07) is 5.78. The molecule has 0 radical (unpaired) electrons. The molecule has 0 unspecified atom stereocenters. The predicted molar refractivity (Wildman–Crippen MR) is 110 cm³/mol. The highest BCUT2D eigenvalue weighted by atomic mass is 127. The van der Waals surface area contributed by atoms with Crippen LogP contribution < -0.4 is 11.1 Å². The number of carbonyl (C=O) groups is 1. The molecule has 1 aromatic rings. The smallest absolute Gasteiger partial charge is 0.244 e. The van der Waals surface area contributed by atoms with Gasteiger partial charge in [0.2, 0.25) is 5.91 Å². The molecule has 0 aliphatic heterocycles. The second-order valence-electron chi connectivity index (χ2n) is 5.58. The van der Waals surface area contributed by atoms with E-state index < -0.39 is 0 Å². The average molecular weight is 447 g/mol. The molecule has 7 heteroatoms. The van der Waals surface area contributed by atoms with Crippen molar-refractivity contribution in [2.75, 3.05) is 26.7 Å². The summed E-state index contributed by atoms with van der Waals surface area (Å²) in [4.78, 5) is 22.0. The van der Waals surface area contributed by atoms with Gasteiger partial charge in [-0.05, 0) is 18.6 Å². The van der Waals surface area contributed by atoms with E-state index in [4.69, 9.17) is 5.73 Å². The molecule has 0 aliphatic carbocycles. The average Bonchev–Trinajstić information content (AvgIpc) is 2.58. The quantitative estimate of drug-likeness (QED) is 0.249. The monoisotopic (exact) mass is 447 g/mol. The van der Waals surface area contributed by atoms with Crippen LogP contribution in [0.4, 0.5) is 0 Å². The molecule has 0 atom stereocenters. The third-order valence-corrected chi connectivity index (χ3v) is 3.58. The molecule has 1 rings (SSSR count). The van der Waals surface area contributed by atoms with Gasteiger partial charge in [0.05, 0.1) is 0 Å². The topological polar surface area (TPSA) is 83.6 Å². The summed E-state index contributed by atoms with van der Waals surface area (Å²) in [7, 11) is 1.77. The number of rotatable bonds is 10. The van der Waals surface area contributed by atoms with Gasteiger partial charge in [0.15, 0.2) is 5.96 Å². The number of hydrogen-bond acceptors (Lipinski definition) is 3. The van der Waals surface area contributed by atoms with E-state index >= 15 is 0 Å². The molecule has 0 fully saturated rings. The highest BCUT2D eigenvalue weighted by Crippen LogP contribution is 1.98. The Bertz CT molecular complexity index is 481. The number of nitrogens with two attached hydrogens (primary N) is 1. The van der Waals surface area contributed by atoms with Crippen molar-refractivity contribution in [2.24, 2.45) is 10.7 Å². The van der Waals surface area contributed by atoms with Crippen molar-refractivity contribution >= 4 is 35.8 Å². The van der Waals surface area contributed by atoms with Gasteiger partial charge in [0.25, 0.3) is 0 Å². The highest BCUT2D eigenvalue weighted by Gasteiger charge is 2.08. The number of pyridine rings is 1. The first-order valence-corrected chi connectivity index (χ1v) is 8.31. The van der Waals surface area contributed by atoms with E-state index in [1.807, 2.05) is 18.2 Å². The van der Waals surface area contributed by atoms with E-state index in [0.717, 1.165) is 25.1 Å². The van der Waals surface area contributed by atoms with Gasteiger partial charge in [-0.25, -0.2) is 4.99 Å². The van der Waals surface area contributed by atoms with Gasteiger partial charge in [0, 0.05) is 38.4 Å². The van der Waals surface area contributed by atoms with Gasteiger partial charge >= 0.3 is 0 Å². The number of hydrogen-bond donors (Lipinski definition) is 2. The predicted octanol–water partition coefficient (Wildman–Crippen LogP) is 2.19. The number of amides is 1. The van der Waals surface area contributed by atoms with E-state index in [9.17, 15) is 4.79 Å². The molecular formula is C17H30IN5O. The number of carbonyl (C=O) groups excluding carboxylic acids is 1. The summed E-state index contributed by atoms with van der Waals surface area (Å²) in [6.45, 7) is 3.68. The molecular weight excluding hydrogens is 417 g/mol. The molecule has 0 spiro atoms. The van der Waals surface area contributed by atoms with E-state index in [-0.39, 0.29) is 36.4 Å². The first-order valence-electron chi connectivity index (χ1n) is 8.31. The van der Waals surface area contributed by atoms with Crippen LogP contribution in [0.25, 0.3) is 0 Å². The second kappa shape index (κ2) is 14.0. The number of guanidine groups is 1. The van der Waals surface area contributed by atoms with Crippen molar-refractivity contribution in [3.05, 3.63) is 30.1 Å². The maximum atomic E-state index is 12.0. The van der Waals surface area contributed by atoms with Crippen LogP contribution >= 0.6 is 24.0 Å². The van der Waals surface area contributed by atoms with Crippen molar-refractivity contribution in [3.8, 4) is 0 Å². The lowest BCUT2D eigenvalue weighted by Crippen LogP contribution is -2.35. The largest absolute Gasteiger partial charge is 0.370 e. The number of halogens is 1. The molecule has 24 heavy (non-hydrogen) atoms. The summed E-state index contributed by atoms with van der Waals surface area (Å²) < 4.78 is 0. The molecule has 0 saturated carbocycles. The summed E-state index contributed by atoms with van der Waals surface area (Å²) in [5.74, 6) is 0.296. The highest BCUT2D eigenvalue weighted by molar-refractivity contribution is 14.0. The SMILES string of the molecule is CCCCCCNC(N)=NCC(=O)N(C)CCc1ccccn1.I. The van der Waals surface area contributed by atoms with Crippen LogP contribution in [0.3, 0.4) is 0 Å². The van der Waals surface area contributed by atoms with Gasteiger partial charge in [-0.15, -0.1) is 24.0 Å². The van der Waals surface area contributed by atoms with Gasteiger partial charge < -0.3 is 16.0 Å². The van der Waals surface area contributed by atoms with Crippen molar-refractivity contribution in [3.63, 3.8) is 0 Å². The second-order valence-corrected chi connectivity index (χ2v) is 5.58. The van der Waals surface area contributed by atoms with Crippen LogP contribution in [0.1, 0.15) is 38.3 Å². The Morgan fingerprint density at radius 2 is 2.12 bits per heavy atom. The molecule has 1 heterocycles. The number of nitrogens with one attached hydrogen (secondary N) is 1. The minimum absolute atomic E-state index is 0. The lowest BCUT2D eigenvalue weighted by atomic mass is 10.2. The number of likely N-dealkylation sites (N-methyl/N-ethyl adjacent to an activating group) is 1. The van der Waals surface area contributed by atoms with Gasteiger partial charge in [0.1, 0.15) is 6.54 Å². The zero-order valence-corrected chi connectivity index (χ0v) is 17.0. The molecule has 136 valence electrons. The fourth-order valence-electron chi connectivity index (χ4n) is 2.05. The minimum Gasteiger partial charge on any atom is -0.370 e. The zero-order chi connectivity index (χ0) is 16.9. The van der Waals surface area contributed by atoms with Crippen LogP contribution in [0.5, 0.6) is 0 Å². The fraction of sp³-hybridized carbons (Fsp3) is 0.588. The Morgan fingerprint density at radius 3 is 2.79 bits per heavy atom. The summed E-state index contributed by atoms with van der Waals surface area (Å²) in [5, 5.41) is 3.04. The van der Waals surface area contributed by atoms with Crippen LogP contribution in [0.15, 0.2) is 29.4 Å². The minimum atomic E-state index is -0.0448. The molecule has 1 aromatic heterocycles. The number of nitrogens with zero attached hydrogens (tertiary/aromatic N) is 3. The lowest BCUT2D eigenvalue weighted by molar-refractivity contribution is -0.128. The maximum absolute atomic E-state index is 12.0. The zero-order valence-electron chi connectivity index (χ0n) is 14.7. The maximum Gasteiger partial charge on any atom is 0.244 e. The van der Waals surface area contributed by atoms with E-state index in [1.54, 1.807) is 18.1 Å². The standard InChI is InChI=1S/C17H29N5O.HI/c1-3-4-5-7-12-20-17(18)21-14-16(23)22(2)13-10-15-9-6-8-11-19-15;/h6,8-9,11H,3-5,7,10,12-14H2,1-2H3,(H3,18,20,21);1H. The molecule has 0 saturated heterocycles. The summed E-state index contributed by atoms with van der Waals surface area (Å²) in [5.41, 5.74) is 6.74. The van der Waals surface area contributed by atoms with Crippen molar-refractivity contribution in [1.82, 2.24) is 15.2 Å². The summed E-state index contributed by atoms with van der Waals surface area (Å²) >= 11 is 0. The van der Waals surface area contributed by atoms with E-state index in [0.29, 0.717) is 12.5 Å². The Labute approximate surface area is 162 Å². The van der Waals surface area contributed by atoms with Crippen molar-refractivity contribution in [1.29, 1.82) is 0 Å². The molecule has 3 N–H and O–H groups in total. The van der Waals surface area contributed by atoms with Crippen molar-refractivity contribution in [2.45, 2.75) is 39.0 Å². The Kier molecular flexibility index (Phi) is 13.2. The van der Waals surface area contributed by atoms with Crippen LogP contribution in [-0.4, -0.2) is 48.4 Å². The molecule has 0 bridgehead atoms. The lowest BCUT2D eigenvalue weighted by Gasteiger charge is -2.16. The fourth-order valence-corrected chi connectivity index (χ4v) is 2.05. The van der Waals surface area contributed by atoms with Crippen LogP contribution in [0.2, 0.25) is 0 Å². The van der Waals surface area contributed by atoms with E-state index in [1.165, 1.54) is 19.3 Å². The third kappa shape index (κ3) is 10.4. The molecule has 1 amide bonds. The van der Waals surface area contributed by atoms with E-state index in [2.05, 4.69) is 22.2 Å². The normalized spacial score (nSPS) is 10.8. The Balaban J connectivity index is 0.00000529. The number of aromatic nitrogens is 1. The molecule has 0 aliphatic rings. The first kappa shape index (κ1) is 22.6. The van der Waals surface area contributed by atoms with Gasteiger partial charge in [-0.2, -0.15) is 0 Å². The Hall–Kier alpha value is -1.38. The first-order chi connectivity index (χ1) is 11.1. The van der Waals surface area contributed by atoms with Gasteiger partial charge in [-0.1, -0.05) is 32.3 Å². The summed E-state index contributed by atoms with van der Waals surface area (Å²) in [6.07, 6.45) is 7.20. The van der Waals surface area contributed by atoms with Gasteiger partial charge in [-0.3, -0.25) is 9.78 Å². The molecule has 0 aromatic carbocycles. The molecule has 6 nitrogen and oxygen atoms in total.